The number of hydrogen-bond donors (Lipinski definition) is 3. The lowest BCUT2D eigenvalue weighted by molar-refractivity contribution is -0.137. The van der Waals surface area contributed by atoms with Crippen molar-refractivity contribution in [1.82, 2.24) is 5.32 Å². The molecule has 17 heavy (non-hydrogen) atoms. The fourth-order valence-corrected chi connectivity index (χ4v) is 1.26. The zero-order chi connectivity index (χ0) is 13.1. The zero-order valence-corrected chi connectivity index (χ0v) is 8.73. The van der Waals surface area contributed by atoms with E-state index in [0.29, 0.717) is 6.21 Å². The van der Waals surface area contributed by atoms with Gasteiger partial charge >= 0.3 is 6.18 Å². The Morgan fingerprint density at radius 2 is 1.88 bits per heavy atom. The van der Waals surface area contributed by atoms with Crippen LogP contribution in [-0.4, -0.2) is 12.1 Å². The Bertz CT molecular complexity index is 463. The van der Waals surface area contributed by atoms with Crippen LogP contribution in [0, 0.1) is 10.8 Å². The molecular weight excluding hydrogens is 231 g/mol. The minimum Gasteiger partial charge on any atom is -0.339 e. The van der Waals surface area contributed by atoms with Crippen LogP contribution in [-0.2, 0) is 6.18 Å². The van der Waals surface area contributed by atoms with E-state index in [1.807, 2.05) is 0 Å². The molecule has 1 rings (SSSR count). The summed E-state index contributed by atoms with van der Waals surface area (Å²) in [4.78, 5) is 0. The second kappa shape index (κ2) is 4.82. The molecule has 3 N–H and O–H groups in total. The van der Waals surface area contributed by atoms with Gasteiger partial charge in [-0.2, -0.15) is 13.2 Å². The van der Waals surface area contributed by atoms with Gasteiger partial charge in [-0.05, 0) is 6.07 Å². The van der Waals surface area contributed by atoms with E-state index in [9.17, 15) is 13.2 Å². The number of benzene rings is 1. The molecule has 6 heteroatoms. The van der Waals surface area contributed by atoms with Crippen molar-refractivity contribution in [3.05, 3.63) is 42.0 Å². The maximum Gasteiger partial charge on any atom is 0.417 e. The monoisotopic (exact) mass is 241 g/mol. The summed E-state index contributed by atoms with van der Waals surface area (Å²) in [5.41, 5.74) is -1.02. The van der Waals surface area contributed by atoms with Crippen LogP contribution in [0.25, 0.3) is 5.70 Å². The predicted molar refractivity (Wildman–Crippen MR) is 60.1 cm³/mol. The summed E-state index contributed by atoms with van der Waals surface area (Å²) in [7, 11) is 0. The highest BCUT2D eigenvalue weighted by Crippen LogP contribution is 2.33. The first-order valence-electron chi connectivity index (χ1n) is 4.58. The molecule has 0 aliphatic carbocycles. The Labute approximate surface area is 96.0 Å². The summed E-state index contributed by atoms with van der Waals surface area (Å²) < 4.78 is 38.0. The van der Waals surface area contributed by atoms with Crippen LogP contribution in [0.1, 0.15) is 11.1 Å². The van der Waals surface area contributed by atoms with Gasteiger partial charge in [0.1, 0.15) is 5.84 Å². The van der Waals surface area contributed by atoms with Gasteiger partial charge in [-0.25, -0.2) is 0 Å². The Balaban J connectivity index is 3.10. The Morgan fingerprint density at radius 1 is 1.29 bits per heavy atom. The van der Waals surface area contributed by atoms with Gasteiger partial charge in [-0.3, -0.25) is 5.41 Å². The first-order valence-corrected chi connectivity index (χ1v) is 4.58. The fourth-order valence-electron chi connectivity index (χ4n) is 1.26. The van der Waals surface area contributed by atoms with E-state index in [2.05, 4.69) is 11.9 Å². The number of amidine groups is 1. The average Bonchev–Trinajstić information content (AvgIpc) is 2.27. The molecule has 0 aliphatic heterocycles. The number of hydrogen-bond acceptors (Lipinski definition) is 2. The van der Waals surface area contributed by atoms with Crippen LogP contribution < -0.4 is 5.32 Å². The van der Waals surface area contributed by atoms with E-state index in [1.165, 1.54) is 18.2 Å². The smallest absolute Gasteiger partial charge is 0.339 e. The van der Waals surface area contributed by atoms with Gasteiger partial charge in [0.2, 0.25) is 0 Å². The van der Waals surface area contributed by atoms with Crippen LogP contribution in [0.3, 0.4) is 0 Å². The van der Waals surface area contributed by atoms with Gasteiger partial charge in [0.25, 0.3) is 0 Å². The molecule has 0 fully saturated rings. The molecule has 1 aromatic carbocycles. The van der Waals surface area contributed by atoms with Gasteiger partial charge in [0, 0.05) is 11.3 Å². The lowest BCUT2D eigenvalue weighted by atomic mass is 10.0. The highest BCUT2D eigenvalue weighted by atomic mass is 19.4. The molecule has 90 valence electrons. The quantitative estimate of drug-likeness (QED) is 0.553. The minimum atomic E-state index is -4.48. The van der Waals surface area contributed by atoms with Crippen molar-refractivity contribution in [3.8, 4) is 0 Å². The van der Waals surface area contributed by atoms with Crippen molar-refractivity contribution in [3.63, 3.8) is 0 Å². The van der Waals surface area contributed by atoms with E-state index >= 15 is 0 Å². The Morgan fingerprint density at radius 3 is 2.41 bits per heavy atom. The van der Waals surface area contributed by atoms with E-state index in [0.717, 1.165) is 6.07 Å². The molecule has 0 amide bonds. The van der Waals surface area contributed by atoms with Crippen molar-refractivity contribution in [2.45, 2.75) is 6.18 Å². The molecule has 0 saturated heterocycles. The first kappa shape index (κ1) is 13.0. The van der Waals surface area contributed by atoms with Crippen molar-refractivity contribution >= 4 is 17.7 Å². The molecular formula is C11H10F3N3. The molecule has 0 heterocycles. The summed E-state index contributed by atoms with van der Waals surface area (Å²) in [6.45, 7) is 3.43. The third kappa shape index (κ3) is 3.17. The van der Waals surface area contributed by atoms with Gasteiger partial charge in [0.05, 0.1) is 11.8 Å². The van der Waals surface area contributed by atoms with E-state index in [4.69, 9.17) is 10.8 Å². The van der Waals surface area contributed by atoms with Gasteiger partial charge in [-0.15, -0.1) is 0 Å². The fraction of sp³-hybridized carbons (Fsp3) is 0.0909. The SMILES string of the molecule is C=C(NC(=N)C=N)c1ccccc1C(F)(F)F. The highest BCUT2D eigenvalue weighted by Gasteiger charge is 2.33. The van der Waals surface area contributed by atoms with Crippen molar-refractivity contribution in [2.75, 3.05) is 0 Å². The number of rotatable bonds is 3. The van der Waals surface area contributed by atoms with Crippen molar-refractivity contribution in [1.29, 1.82) is 10.8 Å². The van der Waals surface area contributed by atoms with Gasteiger partial charge < -0.3 is 10.7 Å². The van der Waals surface area contributed by atoms with Crippen LogP contribution in [0.15, 0.2) is 30.8 Å². The largest absolute Gasteiger partial charge is 0.417 e. The Hall–Kier alpha value is -2.11. The van der Waals surface area contributed by atoms with Crippen molar-refractivity contribution < 1.29 is 13.2 Å². The standard InChI is InChI=1S/C11H10F3N3/c1-7(17-10(16)6-15)8-4-2-3-5-9(8)11(12,13)14/h2-6,15H,1H2,(H2,16,17). The lowest BCUT2D eigenvalue weighted by Gasteiger charge is -2.15. The van der Waals surface area contributed by atoms with E-state index in [-0.39, 0.29) is 17.1 Å². The lowest BCUT2D eigenvalue weighted by Crippen LogP contribution is -2.22. The van der Waals surface area contributed by atoms with Crippen LogP contribution in [0.5, 0.6) is 0 Å². The molecule has 0 atom stereocenters. The molecule has 0 unspecified atom stereocenters. The minimum absolute atomic E-state index is 0.0635. The summed E-state index contributed by atoms with van der Waals surface area (Å²) in [5.74, 6) is -0.327. The molecule has 1 aromatic rings. The van der Waals surface area contributed by atoms with Gasteiger partial charge in [-0.1, -0.05) is 24.8 Å². The highest BCUT2D eigenvalue weighted by molar-refractivity contribution is 6.28. The summed E-state index contributed by atoms with van der Waals surface area (Å²) in [6, 6.07) is 4.93. The summed E-state index contributed by atoms with van der Waals surface area (Å²) in [6.07, 6.45) is -3.80. The van der Waals surface area contributed by atoms with Gasteiger partial charge in [0.15, 0.2) is 0 Å². The molecule has 3 nitrogen and oxygen atoms in total. The van der Waals surface area contributed by atoms with Crippen LogP contribution in [0.4, 0.5) is 13.2 Å². The van der Waals surface area contributed by atoms with E-state index in [1.54, 1.807) is 0 Å². The third-order valence-corrected chi connectivity index (χ3v) is 1.99. The molecule has 0 aliphatic rings. The average molecular weight is 241 g/mol. The zero-order valence-electron chi connectivity index (χ0n) is 8.73. The maximum absolute atomic E-state index is 12.7. The third-order valence-electron chi connectivity index (χ3n) is 1.99. The molecule has 0 radical (unpaired) electrons. The van der Waals surface area contributed by atoms with Crippen LogP contribution in [0.2, 0.25) is 0 Å². The van der Waals surface area contributed by atoms with Crippen LogP contribution >= 0.6 is 0 Å². The Kier molecular flexibility index (Phi) is 3.67. The molecule has 0 bridgehead atoms. The second-order valence-electron chi connectivity index (χ2n) is 3.20. The normalized spacial score (nSPS) is 10.8. The number of nitrogens with one attached hydrogen (secondary N) is 3. The first-order chi connectivity index (χ1) is 7.86. The second-order valence-corrected chi connectivity index (χ2v) is 3.20. The van der Waals surface area contributed by atoms with E-state index < -0.39 is 11.7 Å². The molecule has 0 aromatic heterocycles. The predicted octanol–water partition coefficient (Wildman–Crippen LogP) is 2.89. The summed E-state index contributed by atoms with van der Waals surface area (Å²) >= 11 is 0. The topological polar surface area (TPSA) is 59.7 Å². The number of halogens is 3. The van der Waals surface area contributed by atoms with Crippen molar-refractivity contribution in [2.24, 2.45) is 0 Å². The molecule has 0 saturated carbocycles. The maximum atomic E-state index is 12.7. The number of alkyl halides is 3. The summed E-state index contributed by atoms with van der Waals surface area (Å²) in [5, 5.41) is 16.2. The molecule has 0 spiro atoms.